The van der Waals surface area contributed by atoms with Crippen LogP contribution < -0.4 is 5.32 Å². The Morgan fingerprint density at radius 3 is 2.70 bits per heavy atom. The first-order chi connectivity index (χ1) is 11.0. The third-order valence-corrected chi connectivity index (χ3v) is 4.17. The molecule has 23 heavy (non-hydrogen) atoms. The fourth-order valence-electron chi connectivity index (χ4n) is 2.59. The maximum absolute atomic E-state index is 12.3. The maximum atomic E-state index is 12.3. The zero-order chi connectivity index (χ0) is 16.8. The standard InChI is InChI=1S/C16H22ClN3O3/c1-3-23-16(22)20-9-7-14(8-10-20)19(2)15(21)18-13-6-4-5-12(17)11-13/h4-6,11,14H,3,7-10H2,1-2H3,(H,18,21). The van der Waals surface area contributed by atoms with Crippen LogP contribution in [0.25, 0.3) is 0 Å². The number of hydrogen-bond donors (Lipinski definition) is 1. The Morgan fingerprint density at radius 1 is 1.39 bits per heavy atom. The second-order valence-corrected chi connectivity index (χ2v) is 5.90. The lowest BCUT2D eigenvalue weighted by Crippen LogP contribution is -2.48. The van der Waals surface area contributed by atoms with Gasteiger partial charge in [0.25, 0.3) is 0 Å². The van der Waals surface area contributed by atoms with Crippen LogP contribution in [0.5, 0.6) is 0 Å². The normalized spacial score (nSPS) is 15.2. The predicted molar refractivity (Wildman–Crippen MR) is 89.9 cm³/mol. The summed E-state index contributed by atoms with van der Waals surface area (Å²) in [5.41, 5.74) is 0.665. The maximum Gasteiger partial charge on any atom is 0.409 e. The number of amides is 3. The summed E-state index contributed by atoms with van der Waals surface area (Å²) in [5, 5.41) is 3.41. The molecule has 0 atom stereocenters. The van der Waals surface area contributed by atoms with Gasteiger partial charge in [-0.25, -0.2) is 9.59 Å². The average molecular weight is 340 g/mol. The van der Waals surface area contributed by atoms with Gasteiger partial charge in [0.2, 0.25) is 0 Å². The number of piperidine rings is 1. The minimum absolute atomic E-state index is 0.0971. The molecule has 0 aliphatic carbocycles. The Morgan fingerprint density at radius 2 is 2.09 bits per heavy atom. The molecular formula is C16H22ClN3O3. The number of nitrogens with zero attached hydrogens (tertiary/aromatic N) is 2. The summed E-state index contributed by atoms with van der Waals surface area (Å²) in [6.07, 6.45) is 1.19. The lowest BCUT2D eigenvalue weighted by Gasteiger charge is -2.36. The van der Waals surface area contributed by atoms with Gasteiger partial charge >= 0.3 is 12.1 Å². The highest BCUT2D eigenvalue weighted by Gasteiger charge is 2.28. The van der Waals surface area contributed by atoms with Crippen LogP contribution in [0.2, 0.25) is 5.02 Å². The first-order valence-corrected chi connectivity index (χ1v) is 8.10. The van der Waals surface area contributed by atoms with Crippen LogP contribution >= 0.6 is 11.6 Å². The number of hydrogen-bond acceptors (Lipinski definition) is 3. The number of benzene rings is 1. The highest BCUT2D eigenvalue weighted by Crippen LogP contribution is 2.19. The molecular weight excluding hydrogens is 318 g/mol. The molecule has 3 amide bonds. The highest BCUT2D eigenvalue weighted by atomic mass is 35.5. The van der Waals surface area contributed by atoms with Crippen LogP contribution in [-0.4, -0.2) is 54.7 Å². The number of likely N-dealkylation sites (tertiary alicyclic amines) is 1. The summed E-state index contributed by atoms with van der Waals surface area (Å²) >= 11 is 5.91. The van der Waals surface area contributed by atoms with Crippen molar-refractivity contribution >= 4 is 29.4 Å². The number of rotatable bonds is 3. The molecule has 0 saturated carbocycles. The van der Waals surface area contributed by atoms with Crippen molar-refractivity contribution in [2.24, 2.45) is 0 Å². The molecule has 7 heteroatoms. The average Bonchev–Trinajstić information content (AvgIpc) is 2.54. The van der Waals surface area contributed by atoms with Crippen molar-refractivity contribution in [3.05, 3.63) is 29.3 Å². The Hall–Kier alpha value is -1.95. The van der Waals surface area contributed by atoms with Crippen LogP contribution in [0.15, 0.2) is 24.3 Å². The molecule has 1 saturated heterocycles. The topological polar surface area (TPSA) is 61.9 Å². The molecule has 6 nitrogen and oxygen atoms in total. The van der Waals surface area contributed by atoms with Gasteiger partial charge in [-0.2, -0.15) is 0 Å². The van der Waals surface area contributed by atoms with Gasteiger partial charge < -0.3 is 19.9 Å². The molecule has 2 rings (SSSR count). The van der Waals surface area contributed by atoms with Crippen molar-refractivity contribution < 1.29 is 14.3 Å². The van der Waals surface area contributed by atoms with Gasteiger partial charge in [-0.15, -0.1) is 0 Å². The third kappa shape index (κ3) is 4.76. The van der Waals surface area contributed by atoms with Crippen LogP contribution in [0.1, 0.15) is 19.8 Å². The summed E-state index contributed by atoms with van der Waals surface area (Å²) in [4.78, 5) is 27.4. The molecule has 1 aromatic carbocycles. The zero-order valence-electron chi connectivity index (χ0n) is 13.4. The van der Waals surface area contributed by atoms with E-state index in [2.05, 4.69) is 5.32 Å². The van der Waals surface area contributed by atoms with Gasteiger partial charge in [0.1, 0.15) is 0 Å². The van der Waals surface area contributed by atoms with E-state index in [-0.39, 0.29) is 18.2 Å². The quantitative estimate of drug-likeness (QED) is 0.917. The van der Waals surface area contributed by atoms with Gasteiger partial charge in [0.05, 0.1) is 6.61 Å². The molecule has 1 fully saturated rings. The lowest BCUT2D eigenvalue weighted by molar-refractivity contribution is 0.0864. The lowest BCUT2D eigenvalue weighted by atomic mass is 10.0. The number of carbonyl (C=O) groups excluding carboxylic acids is 2. The van der Waals surface area contributed by atoms with Crippen LogP contribution in [0.4, 0.5) is 15.3 Å². The zero-order valence-corrected chi connectivity index (χ0v) is 14.2. The van der Waals surface area contributed by atoms with E-state index in [9.17, 15) is 9.59 Å². The highest BCUT2D eigenvalue weighted by molar-refractivity contribution is 6.30. The van der Waals surface area contributed by atoms with E-state index >= 15 is 0 Å². The molecule has 0 aromatic heterocycles. The number of halogens is 1. The van der Waals surface area contributed by atoms with Crippen LogP contribution in [0.3, 0.4) is 0 Å². The Balaban J connectivity index is 1.85. The monoisotopic (exact) mass is 339 g/mol. The van der Waals surface area contributed by atoms with Crippen LogP contribution in [0, 0.1) is 0 Å². The number of nitrogens with one attached hydrogen (secondary N) is 1. The summed E-state index contributed by atoms with van der Waals surface area (Å²) in [6.45, 7) is 3.36. The smallest absolute Gasteiger partial charge is 0.409 e. The molecule has 1 N–H and O–H groups in total. The van der Waals surface area contributed by atoms with E-state index in [0.29, 0.717) is 30.4 Å². The second-order valence-electron chi connectivity index (χ2n) is 5.47. The van der Waals surface area contributed by atoms with Crippen molar-refractivity contribution in [2.75, 3.05) is 32.1 Å². The SMILES string of the molecule is CCOC(=O)N1CCC(N(C)C(=O)Nc2cccc(Cl)c2)CC1. The number of urea groups is 1. The van der Waals surface area contributed by atoms with Crippen molar-refractivity contribution in [2.45, 2.75) is 25.8 Å². The van der Waals surface area contributed by atoms with Crippen molar-refractivity contribution in [1.82, 2.24) is 9.80 Å². The summed E-state index contributed by atoms with van der Waals surface area (Å²) < 4.78 is 5.00. The van der Waals surface area contributed by atoms with Crippen molar-refractivity contribution in [3.63, 3.8) is 0 Å². The van der Waals surface area contributed by atoms with E-state index in [0.717, 1.165) is 12.8 Å². The first kappa shape index (κ1) is 17.4. The minimum atomic E-state index is -0.281. The van der Waals surface area contributed by atoms with Gasteiger partial charge in [-0.1, -0.05) is 17.7 Å². The largest absolute Gasteiger partial charge is 0.450 e. The van der Waals surface area contributed by atoms with E-state index in [4.69, 9.17) is 16.3 Å². The van der Waals surface area contributed by atoms with Crippen LogP contribution in [-0.2, 0) is 4.74 Å². The van der Waals surface area contributed by atoms with E-state index in [1.54, 1.807) is 48.0 Å². The molecule has 1 heterocycles. The van der Waals surface area contributed by atoms with E-state index in [1.807, 2.05) is 0 Å². The second kappa shape index (κ2) is 8.06. The molecule has 126 valence electrons. The van der Waals surface area contributed by atoms with Gasteiger partial charge in [0.15, 0.2) is 0 Å². The number of carbonyl (C=O) groups is 2. The minimum Gasteiger partial charge on any atom is -0.450 e. The molecule has 1 aliphatic rings. The predicted octanol–water partition coefficient (Wildman–Crippen LogP) is 3.42. The molecule has 0 unspecified atom stereocenters. The number of ether oxygens (including phenoxy) is 1. The Bertz CT molecular complexity index is 559. The number of anilines is 1. The fourth-order valence-corrected chi connectivity index (χ4v) is 2.78. The summed E-state index contributed by atoms with van der Waals surface area (Å²) in [6, 6.07) is 6.96. The van der Waals surface area contributed by atoms with Gasteiger partial charge in [-0.05, 0) is 38.0 Å². The Kier molecular flexibility index (Phi) is 6.10. The van der Waals surface area contributed by atoms with Crippen molar-refractivity contribution in [3.8, 4) is 0 Å². The first-order valence-electron chi connectivity index (χ1n) is 7.72. The van der Waals surface area contributed by atoms with E-state index < -0.39 is 0 Å². The van der Waals surface area contributed by atoms with Gasteiger partial charge in [-0.3, -0.25) is 0 Å². The molecule has 1 aromatic rings. The molecule has 0 radical (unpaired) electrons. The summed E-state index contributed by atoms with van der Waals surface area (Å²) in [5.74, 6) is 0. The third-order valence-electron chi connectivity index (χ3n) is 3.93. The fraction of sp³-hybridized carbons (Fsp3) is 0.500. The molecule has 1 aliphatic heterocycles. The van der Waals surface area contributed by atoms with E-state index in [1.165, 1.54) is 0 Å². The molecule has 0 spiro atoms. The Labute approximate surface area is 141 Å². The molecule has 0 bridgehead atoms. The summed E-state index contributed by atoms with van der Waals surface area (Å²) in [7, 11) is 1.77. The van der Waals surface area contributed by atoms with Crippen molar-refractivity contribution in [1.29, 1.82) is 0 Å². The van der Waals surface area contributed by atoms with Gasteiger partial charge in [0, 0.05) is 36.9 Å².